The zero-order chi connectivity index (χ0) is 16.1. The molecule has 0 bridgehead atoms. The van der Waals surface area contributed by atoms with Gasteiger partial charge in [0.25, 0.3) is 0 Å². The molecule has 0 radical (unpaired) electrons. The molecule has 0 aliphatic heterocycles. The summed E-state index contributed by atoms with van der Waals surface area (Å²) in [5, 5.41) is 3.39. The molecule has 0 saturated carbocycles. The van der Waals surface area contributed by atoms with E-state index < -0.39 is 0 Å². The van der Waals surface area contributed by atoms with E-state index in [1.54, 1.807) is 42.3 Å². The van der Waals surface area contributed by atoms with Crippen LogP contribution in [0.15, 0.2) is 42.5 Å². The number of halogens is 2. The molecule has 2 aromatic carbocycles. The molecule has 0 heterocycles. The van der Waals surface area contributed by atoms with Crippen molar-refractivity contribution in [2.75, 3.05) is 18.9 Å². The first-order chi connectivity index (χ1) is 10.5. The second-order valence-electron chi connectivity index (χ2n) is 5.27. The molecule has 0 spiro atoms. The number of nitrogens with one attached hydrogen (secondary N) is 1. The van der Waals surface area contributed by atoms with Crippen molar-refractivity contribution in [1.29, 1.82) is 0 Å². The van der Waals surface area contributed by atoms with E-state index in [4.69, 9.17) is 11.6 Å². The zero-order valence-corrected chi connectivity index (χ0v) is 13.3. The lowest BCUT2D eigenvalue weighted by molar-refractivity contribution is -0.117. The molecule has 1 amide bonds. The van der Waals surface area contributed by atoms with Crippen LogP contribution in [0.3, 0.4) is 0 Å². The third kappa shape index (κ3) is 4.55. The molecular formula is C17H18ClFN2O. The average molecular weight is 321 g/mol. The van der Waals surface area contributed by atoms with Gasteiger partial charge in [-0.25, -0.2) is 4.39 Å². The minimum Gasteiger partial charge on any atom is -0.325 e. The number of carbonyl (C=O) groups is 1. The Morgan fingerprint density at radius 2 is 2.00 bits per heavy atom. The number of amides is 1. The first-order valence-corrected chi connectivity index (χ1v) is 7.31. The maximum absolute atomic E-state index is 13.6. The number of hydrogen-bond acceptors (Lipinski definition) is 2. The topological polar surface area (TPSA) is 32.3 Å². The van der Waals surface area contributed by atoms with Gasteiger partial charge >= 0.3 is 0 Å². The minimum absolute atomic E-state index is 0.163. The second kappa shape index (κ2) is 7.38. The van der Waals surface area contributed by atoms with Crippen molar-refractivity contribution in [3.8, 4) is 0 Å². The van der Waals surface area contributed by atoms with Gasteiger partial charge in [-0.1, -0.05) is 35.9 Å². The third-order valence-electron chi connectivity index (χ3n) is 3.29. The highest BCUT2D eigenvalue weighted by molar-refractivity contribution is 6.31. The van der Waals surface area contributed by atoms with Crippen LogP contribution in [0.5, 0.6) is 0 Å². The summed E-state index contributed by atoms with van der Waals surface area (Å²) in [6.07, 6.45) is 0. The average Bonchev–Trinajstić information content (AvgIpc) is 2.45. The minimum atomic E-state index is -0.263. The monoisotopic (exact) mass is 320 g/mol. The Bertz CT molecular complexity index is 675. The maximum atomic E-state index is 13.6. The van der Waals surface area contributed by atoms with Crippen LogP contribution < -0.4 is 5.32 Å². The Hall–Kier alpha value is -1.91. The molecule has 22 heavy (non-hydrogen) atoms. The SMILES string of the molecule is Cc1ccc(Cl)cc1NC(=O)CN(C)Cc1ccccc1F. The predicted molar refractivity (Wildman–Crippen MR) is 87.6 cm³/mol. The van der Waals surface area contributed by atoms with Crippen LogP contribution in [0.1, 0.15) is 11.1 Å². The van der Waals surface area contributed by atoms with E-state index in [2.05, 4.69) is 5.32 Å². The number of nitrogens with zero attached hydrogens (tertiary/aromatic N) is 1. The summed E-state index contributed by atoms with van der Waals surface area (Å²) >= 11 is 5.93. The van der Waals surface area contributed by atoms with Crippen molar-refractivity contribution < 1.29 is 9.18 Å². The van der Waals surface area contributed by atoms with E-state index in [1.165, 1.54) is 6.07 Å². The van der Waals surface area contributed by atoms with Gasteiger partial charge in [-0.2, -0.15) is 0 Å². The standard InChI is InChI=1S/C17H18ClFN2O/c1-12-7-8-14(18)9-16(12)20-17(22)11-21(2)10-13-5-3-4-6-15(13)19/h3-9H,10-11H2,1-2H3,(H,20,22). The molecule has 0 aliphatic rings. The molecule has 0 unspecified atom stereocenters. The molecule has 3 nitrogen and oxygen atoms in total. The van der Waals surface area contributed by atoms with E-state index in [0.29, 0.717) is 22.8 Å². The van der Waals surface area contributed by atoms with Crippen LogP contribution in [0.25, 0.3) is 0 Å². The molecule has 2 aromatic rings. The molecule has 0 aliphatic carbocycles. The van der Waals surface area contributed by atoms with Crippen LogP contribution in [0.2, 0.25) is 5.02 Å². The first kappa shape index (κ1) is 16.5. The summed E-state index contributed by atoms with van der Waals surface area (Å²) in [6, 6.07) is 11.9. The molecular weight excluding hydrogens is 303 g/mol. The smallest absolute Gasteiger partial charge is 0.238 e. The number of likely N-dealkylation sites (N-methyl/N-ethyl adjacent to an activating group) is 1. The molecule has 116 valence electrons. The number of carbonyl (C=O) groups excluding carboxylic acids is 1. The first-order valence-electron chi connectivity index (χ1n) is 6.93. The fourth-order valence-corrected chi connectivity index (χ4v) is 2.31. The number of aryl methyl sites for hydroxylation is 1. The largest absolute Gasteiger partial charge is 0.325 e. The molecule has 0 fully saturated rings. The van der Waals surface area contributed by atoms with E-state index in [9.17, 15) is 9.18 Å². The lowest BCUT2D eigenvalue weighted by atomic mass is 10.2. The number of hydrogen-bond donors (Lipinski definition) is 1. The molecule has 0 saturated heterocycles. The maximum Gasteiger partial charge on any atom is 0.238 e. The highest BCUT2D eigenvalue weighted by Crippen LogP contribution is 2.20. The molecule has 2 rings (SSSR count). The molecule has 5 heteroatoms. The molecule has 0 aromatic heterocycles. The van der Waals surface area contributed by atoms with Gasteiger partial charge in [0.1, 0.15) is 5.82 Å². The van der Waals surface area contributed by atoms with Gasteiger partial charge in [-0.3, -0.25) is 9.69 Å². The quantitative estimate of drug-likeness (QED) is 0.907. The third-order valence-corrected chi connectivity index (χ3v) is 3.52. The zero-order valence-electron chi connectivity index (χ0n) is 12.6. The number of anilines is 1. The lowest BCUT2D eigenvalue weighted by Gasteiger charge is -2.17. The van der Waals surface area contributed by atoms with E-state index in [1.807, 2.05) is 13.0 Å². The fourth-order valence-electron chi connectivity index (χ4n) is 2.14. The summed E-state index contributed by atoms with van der Waals surface area (Å²) < 4.78 is 13.6. The van der Waals surface area contributed by atoms with Gasteiger partial charge in [0.05, 0.1) is 6.54 Å². The van der Waals surface area contributed by atoms with Gasteiger partial charge < -0.3 is 5.32 Å². The van der Waals surface area contributed by atoms with Gasteiger partial charge in [-0.05, 0) is 37.7 Å². The van der Waals surface area contributed by atoms with Crippen LogP contribution in [-0.4, -0.2) is 24.4 Å². The van der Waals surface area contributed by atoms with Crippen molar-refractivity contribution in [1.82, 2.24) is 4.90 Å². The Kier molecular flexibility index (Phi) is 5.52. The van der Waals surface area contributed by atoms with Crippen LogP contribution in [0.4, 0.5) is 10.1 Å². The van der Waals surface area contributed by atoms with Gasteiger partial charge in [0.15, 0.2) is 0 Å². The van der Waals surface area contributed by atoms with Crippen molar-refractivity contribution in [3.05, 3.63) is 64.4 Å². The predicted octanol–water partition coefficient (Wildman–Crippen LogP) is 3.86. The van der Waals surface area contributed by atoms with Gasteiger partial charge in [0, 0.05) is 22.8 Å². The highest BCUT2D eigenvalue weighted by atomic mass is 35.5. The number of benzene rings is 2. The summed E-state index contributed by atoms with van der Waals surface area (Å²) in [5.41, 5.74) is 2.20. The van der Waals surface area contributed by atoms with Crippen LogP contribution in [-0.2, 0) is 11.3 Å². The summed E-state index contributed by atoms with van der Waals surface area (Å²) in [7, 11) is 1.77. The molecule has 1 N–H and O–H groups in total. The van der Waals surface area contributed by atoms with Crippen molar-refractivity contribution in [2.45, 2.75) is 13.5 Å². The Morgan fingerprint density at radius 1 is 1.27 bits per heavy atom. The van der Waals surface area contributed by atoms with Crippen molar-refractivity contribution >= 4 is 23.2 Å². The van der Waals surface area contributed by atoms with E-state index >= 15 is 0 Å². The van der Waals surface area contributed by atoms with Crippen molar-refractivity contribution in [3.63, 3.8) is 0 Å². The fraction of sp³-hybridized carbons (Fsp3) is 0.235. The van der Waals surface area contributed by atoms with Crippen LogP contribution >= 0.6 is 11.6 Å². The summed E-state index contributed by atoms with van der Waals surface area (Å²) in [6.45, 7) is 2.43. The van der Waals surface area contributed by atoms with E-state index in [-0.39, 0.29) is 18.3 Å². The Balaban J connectivity index is 1.94. The van der Waals surface area contributed by atoms with Gasteiger partial charge in [-0.15, -0.1) is 0 Å². The Morgan fingerprint density at radius 3 is 2.73 bits per heavy atom. The Labute approximate surface area is 134 Å². The van der Waals surface area contributed by atoms with E-state index in [0.717, 1.165) is 5.56 Å². The van der Waals surface area contributed by atoms with Gasteiger partial charge in [0.2, 0.25) is 5.91 Å². The summed E-state index contributed by atoms with van der Waals surface area (Å²) in [5.74, 6) is -0.426. The normalized spacial score (nSPS) is 10.8. The molecule has 0 atom stereocenters. The van der Waals surface area contributed by atoms with Crippen LogP contribution in [0, 0.1) is 12.7 Å². The summed E-state index contributed by atoms with van der Waals surface area (Å²) in [4.78, 5) is 13.8. The van der Waals surface area contributed by atoms with Crippen molar-refractivity contribution in [2.24, 2.45) is 0 Å². The highest BCUT2D eigenvalue weighted by Gasteiger charge is 2.11. The number of rotatable bonds is 5. The lowest BCUT2D eigenvalue weighted by Crippen LogP contribution is -2.30. The second-order valence-corrected chi connectivity index (χ2v) is 5.71.